The van der Waals surface area contributed by atoms with Crippen LogP contribution in [0.1, 0.15) is 69.4 Å². The molecule has 3 rings (SSSR count). The molecule has 0 heterocycles. The first-order valence-electron chi connectivity index (χ1n) is 10.0. The summed E-state index contributed by atoms with van der Waals surface area (Å²) in [5, 5.41) is 0. The van der Waals surface area contributed by atoms with Crippen LogP contribution in [0.25, 0.3) is 0 Å². The molecule has 0 radical (unpaired) electrons. The van der Waals surface area contributed by atoms with Gasteiger partial charge in [0.1, 0.15) is 5.75 Å². The quantitative estimate of drug-likeness (QED) is 0.389. The van der Waals surface area contributed by atoms with Gasteiger partial charge in [-0.25, -0.2) is 0 Å². The molecule has 0 N–H and O–H groups in total. The maximum absolute atomic E-state index is 12.4. The average Bonchev–Trinajstić information content (AvgIpc) is 2.61. The van der Waals surface area contributed by atoms with Crippen LogP contribution in [0.2, 0.25) is 0 Å². The molecule has 4 heteroatoms. The standard InChI is InChI=1S/C22H29F3O/c1-2-3-4-5-16-6-8-17(9-7-16)18-10-11-20-15-21(26-22(23,24)25)13-12-19(20)14-18/h10,12-13,15-17H,2-9,11,14H2,1H3. The molecule has 0 saturated heterocycles. The Morgan fingerprint density at radius 1 is 1.04 bits per heavy atom. The lowest BCUT2D eigenvalue weighted by atomic mass is 9.74. The Morgan fingerprint density at radius 3 is 2.50 bits per heavy atom. The zero-order valence-electron chi connectivity index (χ0n) is 15.6. The SMILES string of the molecule is CCCCCC1CCC(C2=CCc3cc(OC(F)(F)F)ccc3C2)CC1. The van der Waals surface area contributed by atoms with Gasteiger partial charge in [-0.2, -0.15) is 0 Å². The summed E-state index contributed by atoms with van der Waals surface area (Å²) >= 11 is 0. The van der Waals surface area contributed by atoms with E-state index in [0.29, 0.717) is 5.92 Å². The molecule has 26 heavy (non-hydrogen) atoms. The van der Waals surface area contributed by atoms with Gasteiger partial charge in [-0.3, -0.25) is 0 Å². The molecular weight excluding hydrogens is 337 g/mol. The lowest BCUT2D eigenvalue weighted by molar-refractivity contribution is -0.274. The van der Waals surface area contributed by atoms with Crippen LogP contribution in [0.4, 0.5) is 13.2 Å². The molecule has 1 nitrogen and oxygen atoms in total. The van der Waals surface area contributed by atoms with Crippen molar-refractivity contribution in [3.8, 4) is 5.75 Å². The Labute approximate surface area is 154 Å². The molecule has 1 saturated carbocycles. The molecule has 1 fully saturated rings. The molecule has 0 amide bonds. The van der Waals surface area contributed by atoms with E-state index < -0.39 is 6.36 Å². The molecule has 1 aromatic rings. The van der Waals surface area contributed by atoms with Crippen LogP contribution < -0.4 is 4.74 Å². The van der Waals surface area contributed by atoms with Gasteiger partial charge in [-0.05, 0) is 73.6 Å². The van der Waals surface area contributed by atoms with Gasteiger partial charge in [0.2, 0.25) is 0 Å². The van der Waals surface area contributed by atoms with Crippen molar-refractivity contribution < 1.29 is 17.9 Å². The summed E-state index contributed by atoms with van der Waals surface area (Å²) in [7, 11) is 0. The predicted molar refractivity (Wildman–Crippen MR) is 98.2 cm³/mol. The Hall–Kier alpha value is -1.45. The van der Waals surface area contributed by atoms with Gasteiger partial charge >= 0.3 is 6.36 Å². The van der Waals surface area contributed by atoms with E-state index in [-0.39, 0.29) is 5.75 Å². The first-order chi connectivity index (χ1) is 12.4. The summed E-state index contributed by atoms with van der Waals surface area (Å²) in [6, 6.07) is 4.79. The van der Waals surface area contributed by atoms with E-state index in [1.165, 1.54) is 63.0 Å². The molecule has 0 aromatic heterocycles. The predicted octanol–water partition coefficient (Wildman–Crippen LogP) is 7.00. The minimum atomic E-state index is -4.63. The summed E-state index contributed by atoms with van der Waals surface area (Å²) in [5.74, 6) is 1.45. The molecule has 1 aromatic carbocycles. The summed E-state index contributed by atoms with van der Waals surface area (Å²) in [5.41, 5.74) is 3.61. The maximum atomic E-state index is 12.4. The second kappa shape index (κ2) is 8.49. The van der Waals surface area contributed by atoms with Crippen LogP contribution in [-0.4, -0.2) is 6.36 Å². The molecule has 0 unspecified atom stereocenters. The average molecular weight is 366 g/mol. The topological polar surface area (TPSA) is 9.23 Å². The number of unbranched alkanes of at least 4 members (excludes halogenated alkanes) is 2. The van der Waals surface area contributed by atoms with Crippen molar-refractivity contribution in [2.75, 3.05) is 0 Å². The second-order valence-corrected chi connectivity index (χ2v) is 7.85. The fourth-order valence-corrected chi connectivity index (χ4v) is 4.51. The molecule has 2 aliphatic rings. The van der Waals surface area contributed by atoms with Crippen LogP contribution in [0.5, 0.6) is 5.75 Å². The van der Waals surface area contributed by atoms with E-state index in [4.69, 9.17) is 0 Å². The highest BCUT2D eigenvalue weighted by atomic mass is 19.4. The summed E-state index contributed by atoms with van der Waals surface area (Å²) in [4.78, 5) is 0. The van der Waals surface area contributed by atoms with Gasteiger partial charge in [0.25, 0.3) is 0 Å². The highest BCUT2D eigenvalue weighted by Gasteiger charge is 2.31. The van der Waals surface area contributed by atoms with E-state index in [2.05, 4.69) is 17.7 Å². The van der Waals surface area contributed by atoms with Crippen molar-refractivity contribution in [3.63, 3.8) is 0 Å². The van der Waals surface area contributed by atoms with E-state index in [1.54, 1.807) is 12.1 Å². The normalized spacial score (nSPS) is 23.3. The molecule has 0 bridgehead atoms. The van der Waals surface area contributed by atoms with E-state index >= 15 is 0 Å². The minimum Gasteiger partial charge on any atom is -0.406 e. The number of halogens is 3. The summed E-state index contributed by atoms with van der Waals surface area (Å²) < 4.78 is 41.2. The van der Waals surface area contributed by atoms with E-state index in [1.807, 2.05) is 0 Å². The Morgan fingerprint density at radius 2 is 1.81 bits per heavy atom. The van der Waals surface area contributed by atoms with E-state index in [0.717, 1.165) is 29.9 Å². The molecule has 0 spiro atoms. The third-order valence-corrected chi connectivity index (χ3v) is 5.98. The molecular formula is C22H29F3O. The van der Waals surface area contributed by atoms with Gasteiger partial charge in [-0.15, -0.1) is 13.2 Å². The number of benzene rings is 1. The molecule has 0 aliphatic heterocycles. The second-order valence-electron chi connectivity index (χ2n) is 7.85. The van der Waals surface area contributed by atoms with Crippen LogP contribution in [0.3, 0.4) is 0 Å². The van der Waals surface area contributed by atoms with Crippen molar-refractivity contribution in [2.24, 2.45) is 11.8 Å². The van der Waals surface area contributed by atoms with Crippen LogP contribution in [0.15, 0.2) is 29.8 Å². The zero-order valence-corrected chi connectivity index (χ0v) is 15.6. The highest BCUT2D eigenvalue weighted by Crippen LogP contribution is 2.39. The van der Waals surface area contributed by atoms with Crippen molar-refractivity contribution in [1.29, 1.82) is 0 Å². The third-order valence-electron chi connectivity index (χ3n) is 5.98. The lowest BCUT2D eigenvalue weighted by Crippen LogP contribution is -2.20. The Bertz CT molecular complexity index is 625. The Balaban J connectivity index is 1.54. The van der Waals surface area contributed by atoms with Gasteiger partial charge in [0.15, 0.2) is 0 Å². The smallest absolute Gasteiger partial charge is 0.406 e. The number of hydrogen-bond donors (Lipinski definition) is 0. The minimum absolute atomic E-state index is 0.110. The van der Waals surface area contributed by atoms with Crippen LogP contribution in [0, 0.1) is 11.8 Å². The van der Waals surface area contributed by atoms with Crippen molar-refractivity contribution in [1.82, 2.24) is 0 Å². The first-order valence-corrected chi connectivity index (χ1v) is 10.0. The fraction of sp³-hybridized carbons (Fsp3) is 0.636. The van der Waals surface area contributed by atoms with Crippen molar-refractivity contribution in [2.45, 2.75) is 77.5 Å². The van der Waals surface area contributed by atoms with Crippen molar-refractivity contribution >= 4 is 0 Å². The fourth-order valence-electron chi connectivity index (χ4n) is 4.51. The lowest BCUT2D eigenvalue weighted by Gasteiger charge is -2.32. The molecule has 0 atom stereocenters. The largest absolute Gasteiger partial charge is 0.573 e. The number of allylic oxidation sites excluding steroid dienone is 2. The number of rotatable bonds is 6. The number of alkyl halides is 3. The third kappa shape index (κ3) is 5.28. The van der Waals surface area contributed by atoms with Gasteiger partial charge in [0, 0.05) is 0 Å². The van der Waals surface area contributed by atoms with E-state index in [9.17, 15) is 13.2 Å². The summed E-state index contributed by atoms with van der Waals surface area (Å²) in [6.45, 7) is 2.25. The van der Waals surface area contributed by atoms with Crippen molar-refractivity contribution in [3.05, 3.63) is 41.0 Å². The van der Waals surface area contributed by atoms with Crippen LogP contribution in [-0.2, 0) is 12.8 Å². The molecule has 144 valence electrons. The highest BCUT2D eigenvalue weighted by molar-refractivity contribution is 5.42. The number of hydrogen-bond acceptors (Lipinski definition) is 1. The van der Waals surface area contributed by atoms with Gasteiger partial charge in [-0.1, -0.05) is 50.3 Å². The van der Waals surface area contributed by atoms with Crippen LogP contribution >= 0.6 is 0 Å². The first kappa shape index (κ1) is 19.3. The van der Waals surface area contributed by atoms with Gasteiger partial charge < -0.3 is 4.74 Å². The summed E-state index contributed by atoms with van der Waals surface area (Å²) in [6.07, 6.45) is 9.81. The number of ether oxygens (including phenoxy) is 1. The molecule has 2 aliphatic carbocycles. The number of fused-ring (bicyclic) bond motifs is 1. The maximum Gasteiger partial charge on any atom is 0.573 e. The van der Waals surface area contributed by atoms with Gasteiger partial charge in [0.05, 0.1) is 0 Å². The zero-order chi connectivity index (χ0) is 18.6. The Kier molecular flexibility index (Phi) is 6.31. The monoisotopic (exact) mass is 366 g/mol.